The average molecular weight is 340 g/mol. The molecule has 0 aliphatic heterocycles. The summed E-state index contributed by atoms with van der Waals surface area (Å²) in [6.07, 6.45) is 4.81. The smallest absolute Gasteiger partial charge is 0.224 e. The Bertz CT molecular complexity index is 400. The number of anilines is 1. The molecule has 0 heterocycles. The molecule has 0 aromatic heterocycles. The summed E-state index contributed by atoms with van der Waals surface area (Å²) >= 11 is 3.73. The van der Waals surface area contributed by atoms with Gasteiger partial charge in [-0.2, -0.15) is 0 Å². The topological polar surface area (TPSA) is 29.1 Å². The quantitative estimate of drug-likeness (QED) is 0.650. The number of carbonyl (C=O) groups is 1. The van der Waals surface area contributed by atoms with Gasteiger partial charge >= 0.3 is 0 Å². The summed E-state index contributed by atoms with van der Waals surface area (Å²) < 4.78 is 0. The summed E-state index contributed by atoms with van der Waals surface area (Å²) in [6, 6.07) is 8.19. The highest BCUT2D eigenvalue weighted by Crippen LogP contribution is 2.19. The first-order valence-corrected chi connectivity index (χ1v) is 8.45. The first kappa shape index (κ1) is 17.2. The van der Waals surface area contributed by atoms with Gasteiger partial charge in [-0.3, -0.25) is 4.79 Å². The van der Waals surface area contributed by atoms with E-state index in [1.807, 2.05) is 12.1 Å². The molecule has 1 unspecified atom stereocenters. The lowest BCUT2D eigenvalue weighted by molar-refractivity contribution is -0.116. The SMILES string of the molecule is CCCCC(=O)Nc1ccc(CC(Br)CC(C)C)cc1. The second kappa shape index (κ2) is 9.17. The van der Waals surface area contributed by atoms with Crippen LogP contribution in [0.15, 0.2) is 24.3 Å². The third-order valence-corrected chi connectivity index (χ3v) is 3.88. The molecule has 0 saturated carbocycles. The maximum atomic E-state index is 11.6. The van der Waals surface area contributed by atoms with Crippen molar-refractivity contribution >= 4 is 27.5 Å². The highest BCUT2D eigenvalue weighted by atomic mass is 79.9. The number of halogens is 1. The van der Waals surface area contributed by atoms with Gasteiger partial charge in [-0.15, -0.1) is 0 Å². The Labute approximate surface area is 131 Å². The van der Waals surface area contributed by atoms with Crippen molar-refractivity contribution in [2.45, 2.75) is 57.7 Å². The molecule has 0 aliphatic carbocycles. The molecule has 0 aliphatic rings. The van der Waals surface area contributed by atoms with Crippen molar-refractivity contribution in [3.05, 3.63) is 29.8 Å². The molecular weight excluding hydrogens is 314 g/mol. The molecule has 0 fully saturated rings. The van der Waals surface area contributed by atoms with E-state index < -0.39 is 0 Å². The fourth-order valence-corrected chi connectivity index (χ4v) is 3.26. The fraction of sp³-hybridized carbons (Fsp3) is 0.588. The number of rotatable bonds is 8. The van der Waals surface area contributed by atoms with E-state index in [2.05, 4.69) is 54.2 Å². The van der Waals surface area contributed by atoms with Crippen LogP contribution < -0.4 is 5.32 Å². The summed E-state index contributed by atoms with van der Waals surface area (Å²) in [6.45, 7) is 6.57. The minimum absolute atomic E-state index is 0.109. The second-order valence-electron chi connectivity index (χ2n) is 5.78. The van der Waals surface area contributed by atoms with E-state index in [0.29, 0.717) is 17.2 Å². The first-order chi connectivity index (χ1) is 9.51. The molecule has 1 rings (SSSR count). The van der Waals surface area contributed by atoms with Crippen LogP contribution in [-0.4, -0.2) is 10.7 Å². The lowest BCUT2D eigenvalue weighted by Gasteiger charge is -2.12. The number of amides is 1. The minimum Gasteiger partial charge on any atom is -0.326 e. The number of hydrogen-bond donors (Lipinski definition) is 1. The van der Waals surface area contributed by atoms with E-state index in [0.717, 1.165) is 24.9 Å². The molecular formula is C17H26BrNO. The summed E-state index contributed by atoms with van der Waals surface area (Å²) in [5.74, 6) is 0.814. The Morgan fingerprint density at radius 2 is 1.90 bits per heavy atom. The molecule has 20 heavy (non-hydrogen) atoms. The number of alkyl halides is 1. The van der Waals surface area contributed by atoms with Gasteiger partial charge in [-0.05, 0) is 42.9 Å². The normalized spacial score (nSPS) is 12.4. The Kier molecular flexibility index (Phi) is 7.90. The zero-order valence-corrected chi connectivity index (χ0v) is 14.4. The van der Waals surface area contributed by atoms with Crippen LogP contribution in [0.2, 0.25) is 0 Å². The zero-order valence-electron chi connectivity index (χ0n) is 12.8. The van der Waals surface area contributed by atoms with Crippen LogP contribution in [-0.2, 0) is 11.2 Å². The van der Waals surface area contributed by atoms with Gasteiger partial charge in [0.05, 0.1) is 0 Å². The van der Waals surface area contributed by atoms with E-state index in [1.165, 1.54) is 12.0 Å². The lowest BCUT2D eigenvalue weighted by Crippen LogP contribution is -2.11. The molecule has 112 valence electrons. The van der Waals surface area contributed by atoms with E-state index >= 15 is 0 Å². The summed E-state index contributed by atoms with van der Waals surface area (Å²) in [5.41, 5.74) is 2.20. The van der Waals surface area contributed by atoms with E-state index in [-0.39, 0.29) is 5.91 Å². The van der Waals surface area contributed by atoms with Crippen LogP contribution in [0.3, 0.4) is 0 Å². The number of benzene rings is 1. The Hall–Kier alpha value is -0.830. The molecule has 1 N–H and O–H groups in total. The first-order valence-electron chi connectivity index (χ1n) is 7.54. The molecule has 1 atom stereocenters. The van der Waals surface area contributed by atoms with Crippen molar-refractivity contribution in [2.75, 3.05) is 5.32 Å². The highest BCUT2D eigenvalue weighted by Gasteiger charge is 2.08. The van der Waals surface area contributed by atoms with Gasteiger partial charge in [-0.1, -0.05) is 55.3 Å². The minimum atomic E-state index is 0.109. The fourth-order valence-electron chi connectivity index (χ4n) is 2.14. The van der Waals surface area contributed by atoms with E-state index in [9.17, 15) is 4.79 Å². The van der Waals surface area contributed by atoms with Crippen molar-refractivity contribution in [3.63, 3.8) is 0 Å². The summed E-state index contributed by atoms with van der Waals surface area (Å²) in [4.78, 5) is 12.2. The van der Waals surface area contributed by atoms with E-state index in [1.54, 1.807) is 0 Å². The molecule has 2 nitrogen and oxygen atoms in total. The number of unbranched alkanes of at least 4 members (excludes halogenated alkanes) is 1. The van der Waals surface area contributed by atoms with Crippen LogP contribution in [0.25, 0.3) is 0 Å². The van der Waals surface area contributed by atoms with Gasteiger partial charge in [0, 0.05) is 16.9 Å². The van der Waals surface area contributed by atoms with Crippen molar-refractivity contribution in [1.29, 1.82) is 0 Å². The van der Waals surface area contributed by atoms with Crippen molar-refractivity contribution < 1.29 is 4.79 Å². The van der Waals surface area contributed by atoms with Crippen LogP contribution in [0.4, 0.5) is 5.69 Å². The van der Waals surface area contributed by atoms with Crippen LogP contribution >= 0.6 is 15.9 Å². The molecule has 0 saturated heterocycles. The van der Waals surface area contributed by atoms with Crippen LogP contribution in [0, 0.1) is 5.92 Å². The van der Waals surface area contributed by atoms with Crippen molar-refractivity contribution in [2.24, 2.45) is 5.92 Å². The Balaban J connectivity index is 2.45. The van der Waals surface area contributed by atoms with Crippen LogP contribution in [0.5, 0.6) is 0 Å². The van der Waals surface area contributed by atoms with Crippen molar-refractivity contribution in [1.82, 2.24) is 0 Å². The van der Waals surface area contributed by atoms with Gasteiger partial charge in [-0.25, -0.2) is 0 Å². The number of nitrogens with one attached hydrogen (secondary N) is 1. The maximum Gasteiger partial charge on any atom is 0.224 e. The Morgan fingerprint density at radius 3 is 2.45 bits per heavy atom. The zero-order chi connectivity index (χ0) is 15.0. The highest BCUT2D eigenvalue weighted by molar-refractivity contribution is 9.09. The maximum absolute atomic E-state index is 11.6. The van der Waals surface area contributed by atoms with Crippen LogP contribution in [0.1, 0.15) is 52.0 Å². The molecule has 0 radical (unpaired) electrons. The third kappa shape index (κ3) is 7.09. The van der Waals surface area contributed by atoms with E-state index in [4.69, 9.17) is 0 Å². The second-order valence-corrected chi connectivity index (χ2v) is 7.07. The molecule has 1 aromatic carbocycles. The summed E-state index contributed by atoms with van der Waals surface area (Å²) in [5, 5.41) is 2.94. The van der Waals surface area contributed by atoms with Gasteiger partial charge in [0.2, 0.25) is 5.91 Å². The molecule has 1 aromatic rings. The van der Waals surface area contributed by atoms with Gasteiger partial charge in [0.1, 0.15) is 0 Å². The summed E-state index contributed by atoms with van der Waals surface area (Å²) in [7, 11) is 0. The number of carbonyl (C=O) groups excluding carboxylic acids is 1. The largest absolute Gasteiger partial charge is 0.326 e. The molecule has 1 amide bonds. The average Bonchev–Trinajstić information content (AvgIpc) is 2.37. The third-order valence-electron chi connectivity index (χ3n) is 3.18. The predicted molar refractivity (Wildman–Crippen MR) is 90.5 cm³/mol. The monoisotopic (exact) mass is 339 g/mol. The Morgan fingerprint density at radius 1 is 1.25 bits per heavy atom. The number of hydrogen-bond acceptors (Lipinski definition) is 1. The molecule has 0 bridgehead atoms. The van der Waals surface area contributed by atoms with Crippen molar-refractivity contribution in [3.8, 4) is 0 Å². The van der Waals surface area contributed by atoms with Gasteiger partial charge < -0.3 is 5.32 Å². The van der Waals surface area contributed by atoms with Gasteiger partial charge in [0.25, 0.3) is 0 Å². The van der Waals surface area contributed by atoms with Gasteiger partial charge in [0.15, 0.2) is 0 Å². The molecule has 0 spiro atoms. The standard InChI is InChI=1S/C17H26BrNO/c1-4-5-6-17(20)19-16-9-7-14(8-10-16)12-15(18)11-13(2)3/h7-10,13,15H,4-6,11-12H2,1-3H3,(H,19,20). The lowest BCUT2D eigenvalue weighted by atomic mass is 10.0. The predicted octanol–water partition coefficient (Wildman–Crippen LogP) is 5.17. The molecule has 3 heteroatoms.